The highest BCUT2D eigenvalue weighted by Gasteiger charge is 2.19. The number of carbonyl (C=O) groups is 2. The molecule has 1 heterocycles. The topological polar surface area (TPSA) is 85.2 Å². The van der Waals surface area contributed by atoms with Gasteiger partial charge in [0.25, 0.3) is 5.91 Å². The summed E-state index contributed by atoms with van der Waals surface area (Å²) < 4.78 is 0. The number of amides is 3. The van der Waals surface area contributed by atoms with E-state index < -0.39 is 0 Å². The highest BCUT2D eigenvalue weighted by Crippen LogP contribution is 2.16. The van der Waals surface area contributed by atoms with Gasteiger partial charge in [-0.05, 0) is 37.5 Å². The molecule has 2 rings (SSSR count). The summed E-state index contributed by atoms with van der Waals surface area (Å²) in [6.07, 6.45) is 3.05. The molecule has 0 unspecified atom stereocenters. The van der Waals surface area contributed by atoms with Crippen LogP contribution in [0.5, 0.6) is 0 Å². The van der Waals surface area contributed by atoms with Crippen LogP contribution in [-0.2, 0) is 0 Å². The van der Waals surface area contributed by atoms with Crippen LogP contribution in [0.25, 0.3) is 0 Å². The van der Waals surface area contributed by atoms with Crippen LogP contribution >= 0.6 is 0 Å². The third-order valence-corrected chi connectivity index (χ3v) is 3.93. The lowest BCUT2D eigenvalue weighted by atomic mass is 10.1. The minimum atomic E-state index is -0.363. The summed E-state index contributed by atoms with van der Waals surface area (Å²) >= 11 is 0. The smallest absolute Gasteiger partial charge is 0.319 e. The Labute approximate surface area is 136 Å². The van der Waals surface area contributed by atoms with Gasteiger partial charge in [0.15, 0.2) is 0 Å². The largest absolute Gasteiger partial charge is 0.339 e. The lowest BCUT2D eigenvalue weighted by Gasteiger charge is -2.17. The summed E-state index contributed by atoms with van der Waals surface area (Å²) in [5, 5.41) is 14.2. The van der Waals surface area contributed by atoms with Crippen LogP contribution in [0.3, 0.4) is 0 Å². The Balaban J connectivity index is 1.98. The summed E-state index contributed by atoms with van der Waals surface area (Å²) in [5.74, 6) is 0.00229. The van der Waals surface area contributed by atoms with Crippen LogP contribution < -0.4 is 10.6 Å². The fourth-order valence-electron chi connectivity index (χ4n) is 2.59. The number of carbonyl (C=O) groups excluding carboxylic acids is 2. The van der Waals surface area contributed by atoms with E-state index in [-0.39, 0.29) is 24.4 Å². The van der Waals surface area contributed by atoms with E-state index >= 15 is 0 Å². The molecule has 1 aliphatic heterocycles. The first kappa shape index (κ1) is 16.8. The van der Waals surface area contributed by atoms with Gasteiger partial charge in [0, 0.05) is 30.4 Å². The Hall–Kier alpha value is -2.55. The van der Waals surface area contributed by atoms with Gasteiger partial charge in [-0.2, -0.15) is 5.26 Å². The predicted molar refractivity (Wildman–Crippen MR) is 88.0 cm³/mol. The summed E-state index contributed by atoms with van der Waals surface area (Å²) in [6.45, 7) is 3.50. The fraction of sp³-hybridized carbons (Fsp3) is 0.471. The molecule has 0 aliphatic carbocycles. The first-order chi connectivity index (χ1) is 11.1. The van der Waals surface area contributed by atoms with Crippen molar-refractivity contribution in [2.75, 3.05) is 18.4 Å². The monoisotopic (exact) mass is 314 g/mol. The molecule has 1 fully saturated rings. The number of rotatable bonds is 5. The molecular formula is C17H22N4O2. The second-order valence-corrected chi connectivity index (χ2v) is 5.65. The van der Waals surface area contributed by atoms with Crippen LogP contribution in [0.15, 0.2) is 24.3 Å². The van der Waals surface area contributed by atoms with E-state index in [2.05, 4.69) is 16.7 Å². The number of hydrogen-bond donors (Lipinski definition) is 2. The number of benzene rings is 1. The van der Waals surface area contributed by atoms with Crippen LogP contribution in [-0.4, -0.2) is 36.0 Å². The van der Waals surface area contributed by atoms with Gasteiger partial charge in [0.1, 0.15) is 0 Å². The van der Waals surface area contributed by atoms with Crippen molar-refractivity contribution in [1.29, 1.82) is 5.26 Å². The Bertz CT molecular complexity index is 603. The summed E-state index contributed by atoms with van der Waals surface area (Å²) in [6, 6.07) is 8.46. The maximum Gasteiger partial charge on any atom is 0.319 e. The third-order valence-electron chi connectivity index (χ3n) is 3.93. The Morgan fingerprint density at radius 2 is 2.09 bits per heavy atom. The molecule has 0 radical (unpaired) electrons. The third kappa shape index (κ3) is 4.71. The molecule has 0 saturated carbocycles. The first-order valence-corrected chi connectivity index (χ1v) is 7.98. The van der Waals surface area contributed by atoms with Gasteiger partial charge in [-0.15, -0.1) is 0 Å². The maximum absolute atomic E-state index is 12.4. The van der Waals surface area contributed by atoms with Gasteiger partial charge in [0.05, 0.1) is 12.5 Å². The zero-order chi connectivity index (χ0) is 16.7. The van der Waals surface area contributed by atoms with E-state index in [4.69, 9.17) is 5.26 Å². The zero-order valence-corrected chi connectivity index (χ0v) is 13.3. The van der Waals surface area contributed by atoms with Crippen LogP contribution in [0, 0.1) is 11.3 Å². The van der Waals surface area contributed by atoms with Gasteiger partial charge in [-0.25, -0.2) is 4.79 Å². The lowest BCUT2D eigenvalue weighted by Crippen LogP contribution is -2.37. The van der Waals surface area contributed by atoms with Crippen molar-refractivity contribution in [2.45, 2.75) is 38.6 Å². The second-order valence-electron chi connectivity index (χ2n) is 5.65. The fourth-order valence-corrected chi connectivity index (χ4v) is 2.59. The minimum Gasteiger partial charge on any atom is -0.339 e. The lowest BCUT2D eigenvalue weighted by molar-refractivity contribution is 0.0793. The van der Waals surface area contributed by atoms with Crippen molar-refractivity contribution < 1.29 is 9.59 Å². The molecular weight excluding hydrogens is 292 g/mol. The average molecular weight is 314 g/mol. The van der Waals surface area contributed by atoms with Gasteiger partial charge in [-0.3, -0.25) is 4.79 Å². The van der Waals surface area contributed by atoms with Crippen molar-refractivity contribution in [2.24, 2.45) is 0 Å². The normalized spacial score (nSPS) is 14.9. The molecule has 1 saturated heterocycles. The number of nitrogens with one attached hydrogen (secondary N) is 2. The Morgan fingerprint density at radius 3 is 2.74 bits per heavy atom. The standard InChI is InChI=1S/C17H22N4O2/c1-2-14(8-9-18)19-17(23)20-15-7-5-6-13(12-15)16(22)21-10-3-4-11-21/h5-7,12,14H,2-4,8,10-11H2,1H3,(H2,19,20,23)/t14-/m1/s1. The molecule has 6 heteroatoms. The van der Waals surface area contributed by atoms with Gasteiger partial charge >= 0.3 is 6.03 Å². The molecule has 0 spiro atoms. The van der Waals surface area contributed by atoms with E-state index in [0.29, 0.717) is 17.7 Å². The molecule has 3 amide bonds. The molecule has 6 nitrogen and oxygen atoms in total. The van der Waals surface area contributed by atoms with Crippen molar-refractivity contribution in [1.82, 2.24) is 10.2 Å². The van der Waals surface area contributed by atoms with Crippen molar-refractivity contribution >= 4 is 17.6 Å². The second kappa shape index (κ2) is 8.18. The first-order valence-electron chi connectivity index (χ1n) is 7.98. The SMILES string of the molecule is CC[C@H](CC#N)NC(=O)Nc1cccc(C(=O)N2CCCC2)c1. The number of anilines is 1. The van der Waals surface area contributed by atoms with E-state index in [1.165, 1.54) is 0 Å². The van der Waals surface area contributed by atoms with Crippen molar-refractivity contribution in [3.63, 3.8) is 0 Å². The molecule has 122 valence electrons. The number of nitrogens with zero attached hydrogens (tertiary/aromatic N) is 2. The van der Waals surface area contributed by atoms with Crippen LogP contribution in [0.2, 0.25) is 0 Å². The van der Waals surface area contributed by atoms with Crippen molar-refractivity contribution in [3.8, 4) is 6.07 Å². The average Bonchev–Trinajstić information content (AvgIpc) is 3.08. The predicted octanol–water partition coefficient (Wildman–Crippen LogP) is 2.74. The molecule has 23 heavy (non-hydrogen) atoms. The zero-order valence-electron chi connectivity index (χ0n) is 13.3. The molecule has 1 aromatic carbocycles. The highest BCUT2D eigenvalue weighted by molar-refractivity contribution is 5.97. The summed E-state index contributed by atoms with van der Waals surface area (Å²) in [7, 11) is 0. The maximum atomic E-state index is 12.4. The molecule has 0 aromatic heterocycles. The molecule has 1 aliphatic rings. The minimum absolute atomic E-state index is 0.00229. The van der Waals surface area contributed by atoms with E-state index in [0.717, 1.165) is 25.9 Å². The summed E-state index contributed by atoms with van der Waals surface area (Å²) in [4.78, 5) is 26.2. The van der Waals surface area contributed by atoms with Crippen LogP contribution in [0.1, 0.15) is 43.0 Å². The molecule has 1 aromatic rings. The van der Waals surface area contributed by atoms with Gasteiger partial charge in [-0.1, -0.05) is 13.0 Å². The Morgan fingerprint density at radius 1 is 1.35 bits per heavy atom. The van der Waals surface area contributed by atoms with E-state index in [1.54, 1.807) is 24.3 Å². The molecule has 0 bridgehead atoms. The quantitative estimate of drug-likeness (QED) is 0.876. The van der Waals surface area contributed by atoms with E-state index in [1.807, 2.05) is 11.8 Å². The van der Waals surface area contributed by atoms with E-state index in [9.17, 15) is 9.59 Å². The number of urea groups is 1. The number of likely N-dealkylation sites (tertiary alicyclic amines) is 1. The number of nitriles is 1. The van der Waals surface area contributed by atoms with Crippen molar-refractivity contribution in [3.05, 3.63) is 29.8 Å². The molecule has 2 N–H and O–H groups in total. The molecule has 1 atom stereocenters. The Kier molecular flexibility index (Phi) is 5.98. The highest BCUT2D eigenvalue weighted by atomic mass is 16.2. The van der Waals surface area contributed by atoms with Gasteiger partial charge < -0.3 is 15.5 Å². The number of hydrogen-bond acceptors (Lipinski definition) is 3. The van der Waals surface area contributed by atoms with Crippen LogP contribution in [0.4, 0.5) is 10.5 Å². The summed E-state index contributed by atoms with van der Waals surface area (Å²) in [5.41, 5.74) is 1.15. The van der Waals surface area contributed by atoms with Gasteiger partial charge in [0.2, 0.25) is 0 Å².